The van der Waals surface area contributed by atoms with Gasteiger partial charge in [-0.3, -0.25) is 14.3 Å². The van der Waals surface area contributed by atoms with Gasteiger partial charge in [-0.1, -0.05) is 30.3 Å². The summed E-state index contributed by atoms with van der Waals surface area (Å²) in [5.74, 6) is -2.91. The summed E-state index contributed by atoms with van der Waals surface area (Å²) < 4.78 is 56.0. The number of nitrogens with one attached hydrogen (secondary N) is 2. The number of anilines is 3. The van der Waals surface area contributed by atoms with E-state index in [0.29, 0.717) is 5.56 Å². The van der Waals surface area contributed by atoms with Crippen molar-refractivity contribution in [2.75, 3.05) is 21.5 Å². The monoisotopic (exact) mass is 485 g/mol. The molecule has 1 aliphatic heterocycles. The number of aryl methyl sites for hydroxylation is 1. The van der Waals surface area contributed by atoms with Gasteiger partial charge < -0.3 is 10.2 Å². The van der Waals surface area contributed by atoms with Gasteiger partial charge in [0.2, 0.25) is 11.8 Å². The lowest BCUT2D eigenvalue weighted by Crippen LogP contribution is -2.28. The van der Waals surface area contributed by atoms with Gasteiger partial charge in [-0.2, -0.15) is 0 Å². The van der Waals surface area contributed by atoms with Crippen molar-refractivity contribution >= 4 is 38.9 Å². The molecule has 34 heavy (non-hydrogen) atoms. The zero-order chi connectivity index (χ0) is 24.5. The molecule has 1 unspecified atom stereocenters. The first-order valence-corrected chi connectivity index (χ1v) is 11.9. The Hall–Kier alpha value is -3.79. The second kappa shape index (κ2) is 9.22. The first-order chi connectivity index (χ1) is 16.2. The molecule has 0 bridgehead atoms. The summed E-state index contributed by atoms with van der Waals surface area (Å²) in [5.41, 5.74) is 0.490. The quantitative estimate of drug-likeness (QED) is 0.550. The number of sulfonamides is 1. The van der Waals surface area contributed by atoms with Gasteiger partial charge >= 0.3 is 0 Å². The van der Waals surface area contributed by atoms with Crippen molar-refractivity contribution in [3.63, 3.8) is 0 Å². The van der Waals surface area contributed by atoms with Gasteiger partial charge in [0.25, 0.3) is 10.0 Å². The van der Waals surface area contributed by atoms with Gasteiger partial charge in [0.15, 0.2) is 0 Å². The third-order valence-corrected chi connectivity index (χ3v) is 7.01. The highest BCUT2D eigenvalue weighted by Crippen LogP contribution is 2.29. The molecule has 1 atom stereocenters. The molecule has 1 saturated heterocycles. The highest BCUT2D eigenvalue weighted by atomic mass is 32.2. The Bertz CT molecular complexity index is 1380. The summed E-state index contributed by atoms with van der Waals surface area (Å²) in [5, 5.41) is 2.63. The molecule has 3 aromatic rings. The molecule has 0 aromatic heterocycles. The van der Waals surface area contributed by atoms with E-state index in [2.05, 4.69) is 10.0 Å². The number of hydrogen-bond acceptors (Lipinski definition) is 4. The zero-order valence-electron chi connectivity index (χ0n) is 18.1. The van der Waals surface area contributed by atoms with E-state index in [4.69, 9.17) is 0 Å². The number of hydrogen-bond donors (Lipinski definition) is 2. The number of benzene rings is 3. The number of carbonyl (C=O) groups is 2. The number of rotatable bonds is 6. The minimum absolute atomic E-state index is 0.00252. The zero-order valence-corrected chi connectivity index (χ0v) is 18.9. The van der Waals surface area contributed by atoms with Crippen LogP contribution in [0, 0.1) is 24.5 Å². The Kier molecular flexibility index (Phi) is 6.34. The summed E-state index contributed by atoms with van der Waals surface area (Å²) in [6, 6.07) is 15.5. The average Bonchev–Trinajstić information content (AvgIpc) is 3.18. The molecule has 2 N–H and O–H groups in total. The Labute approximate surface area is 195 Å². The van der Waals surface area contributed by atoms with Gasteiger partial charge in [0.1, 0.15) is 11.6 Å². The molecule has 0 aliphatic carbocycles. The Morgan fingerprint density at radius 1 is 1.00 bits per heavy atom. The SMILES string of the molecule is Cc1ccc(NC(=O)C2CC(=O)N(c3ccccc3F)C2)cc1S(=O)(=O)Nc1ccccc1F. The van der Waals surface area contributed by atoms with Crippen LogP contribution in [0.3, 0.4) is 0 Å². The molecule has 1 aliphatic rings. The van der Waals surface area contributed by atoms with Crippen molar-refractivity contribution in [1.82, 2.24) is 0 Å². The van der Waals surface area contributed by atoms with E-state index in [-0.39, 0.29) is 40.8 Å². The second-order valence-electron chi connectivity index (χ2n) is 7.91. The molecule has 0 saturated carbocycles. The molecule has 3 aromatic carbocycles. The fraction of sp³-hybridized carbons (Fsp3) is 0.167. The maximum Gasteiger partial charge on any atom is 0.262 e. The van der Waals surface area contributed by atoms with Crippen LogP contribution in [0.25, 0.3) is 0 Å². The predicted molar refractivity (Wildman–Crippen MR) is 124 cm³/mol. The summed E-state index contributed by atoms with van der Waals surface area (Å²) in [6.07, 6.45) is -0.105. The van der Waals surface area contributed by atoms with Gasteiger partial charge in [-0.25, -0.2) is 17.2 Å². The number of halogens is 2. The topological polar surface area (TPSA) is 95.6 Å². The number of nitrogens with zero attached hydrogens (tertiary/aromatic N) is 1. The molecule has 1 fully saturated rings. The Morgan fingerprint density at radius 3 is 2.38 bits per heavy atom. The van der Waals surface area contributed by atoms with Gasteiger partial charge in [0, 0.05) is 18.7 Å². The minimum Gasteiger partial charge on any atom is -0.326 e. The molecule has 7 nitrogen and oxygen atoms in total. The maximum atomic E-state index is 14.1. The van der Waals surface area contributed by atoms with Crippen molar-refractivity contribution in [3.8, 4) is 0 Å². The smallest absolute Gasteiger partial charge is 0.262 e. The van der Waals surface area contributed by atoms with Crippen LogP contribution in [-0.2, 0) is 19.6 Å². The molecular weight excluding hydrogens is 464 g/mol. The average molecular weight is 486 g/mol. The molecular formula is C24H21F2N3O4S. The molecule has 0 radical (unpaired) electrons. The number of para-hydroxylation sites is 2. The van der Waals surface area contributed by atoms with E-state index in [1.807, 2.05) is 0 Å². The van der Waals surface area contributed by atoms with E-state index in [1.54, 1.807) is 13.0 Å². The molecule has 2 amide bonds. The van der Waals surface area contributed by atoms with Crippen molar-refractivity contribution in [3.05, 3.63) is 83.9 Å². The normalized spacial score (nSPS) is 15.9. The van der Waals surface area contributed by atoms with E-state index in [0.717, 1.165) is 6.07 Å². The van der Waals surface area contributed by atoms with E-state index in [9.17, 15) is 26.8 Å². The Balaban J connectivity index is 1.51. The van der Waals surface area contributed by atoms with Crippen molar-refractivity contribution in [2.45, 2.75) is 18.2 Å². The van der Waals surface area contributed by atoms with Gasteiger partial charge in [-0.15, -0.1) is 0 Å². The highest BCUT2D eigenvalue weighted by Gasteiger charge is 2.36. The fourth-order valence-corrected chi connectivity index (χ4v) is 5.08. The van der Waals surface area contributed by atoms with Crippen LogP contribution >= 0.6 is 0 Å². The summed E-state index contributed by atoms with van der Waals surface area (Å²) in [4.78, 5) is 26.3. The lowest BCUT2D eigenvalue weighted by molar-refractivity contribution is -0.122. The number of amides is 2. The first kappa shape index (κ1) is 23.4. The van der Waals surface area contributed by atoms with Gasteiger partial charge in [-0.05, 0) is 48.9 Å². The number of carbonyl (C=O) groups excluding carboxylic acids is 2. The Morgan fingerprint density at radius 2 is 1.68 bits per heavy atom. The van der Waals surface area contributed by atoms with Crippen LogP contribution in [0.2, 0.25) is 0 Å². The summed E-state index contributed by atoms with van der Waals surface area (Å²) in [7, 11) is -4.15. The summed E-state index contributed by atoms with van der Waals surface area (Å²) >= 11 is 0. The van der Waals surface area contributed by atoms with E-state index in [1.165, 1.54) is 59.5 Å². The predicted octanol–water partition coefficient (Wildman–Crippen LogP) is 4.07. The fourth-order valence-electron chi connectivity index (χ4n) is 3.74. The molecule has 1 heterocycles. The van der Waals surface area contributed by atoms with Crippen LogP contribution in [0.15, 0.2) is 71.6 Å². The maximum absolute atomic E-state index is 14.1. The standard InChI is InChI=1S/C24H21F2N3O4S/c1-15-10-11-17(13-22(15)34(32,33)28-20-8-4-2-6-18(20)25)27-24(31)16-12-23(30)29(14-16)21-9-5-3-7-19(21)26/h2-11,13,16,28H,12,14H2,1H3,(H,27,31). The second-order valence-corrected chi connectivity index (χ2v) is 9.56. The van der Waals surface area contributed by atoms with E-state index < -0.39 is 33.5 Å². The molecule has 176 valence electrons. The third-order valence-electron chi connectivity index (χ3n) is 5.50. The van der Waals surface area contributed by atoms with Crippen molar-refractivity contribution in [2.24, 2.45) is 5.92 Å². The molecule has 10 heteroatoms. The largest absolute Gasteiger partial charge is 0.326 e. The van der Waals surface area contributed by atoms with Crippen molar-refractivity contribution in [1.29, 1.82) is 0 Å². The highest BCUT2D eigenvalue weighted by molar-refractivity contribution is 7.92. The lowest BCUT2D eigenvalue weighted by atomic mass is 10.1. The van der Waals surface area contributed by atoms with Crippen LogP contribution < -0.4 is 14.9 Å². The van der Waals surface area contributed by atoms with Crippen LogP contribution in [0.5, 0.6) is 0 Å². The minimum atomic E-state index is -4.15. The molecule has 4 rings (SSSR count). The van der Waals surface area contributed by atoms with E-state index >= 15 is 0 Å². The van der Waals surface area contributed by atoms with Crippen LogP contribution in [-0.4, -0.2) is 26.8 Å². The first-order valence-electron chi connectivity index (χ1n) is 10.4. The lowest BCUT2D eigenvalue weighted by Gasteiger charge is -2.17. The van der Waals surface area contributed by atoms with Gasteiger partial charge in [0.05, 0.1) is 22.2 Å². The van der Waals surface area contributed by atoms with Crippen LogP contribution in [0.1, 0.15) is 12.0 Å². The summed E-state index contributed by atoms with van der Waals surface area (Å²) in [6.45, 7) is 1.57. The van der Waals surface area contributed by atoms with Crippen molar-refractivity contribution < 1.29 is 26.8 Å². The van der Waals surface area contributed by atoms with Crippen LogP contribution in [0.4, 0.5) is 25.8 Å². The third kappa shape index (κ3) is 4.76. The molecule has 0 spiro atoms.